The summed E-state index contributed by atoms with van der Waals surface area (Å²) in [6.45, 7) is 6.26. The molecule has 0 heterocycles. The second kappa shape index (κ2) is 9.00. The Labute approximate surface area is 126 Å². The SMILES string of the molecule is Cc1cccc(OCCCC(=O)NCC(=O)NC(C)C)c1. The van der Waals surface area contributed by atoms with Crippen molar-refractivity contribution in [2.45, 2.75) is 39.7 Å². The minimum absolute atomic E-state index is 0.0236. The van der Waals surface area contributed by atoms with Gasteiger partial charge < -0.3 is 15.4 Å². The van der Waals surface area contributed by atoms with Crippen molar-refractivity contribution >= 4 is 11.8 Å². The molecule has 0 saturated heterocycles. The monoisotopic (exact) mass is 292 g/mol. The van der Waals surface area contributed by atoms with E-state index in [0.29, 0.717) is 19.4 Å². The van der Waals surface area contributed by atoms with Crippen molar-refractivity contribution in [1.29, 1.82) is 0 Å². The molecule has 0 atom stereocenters. The number of nitrogens with one attached hydrogen (secondary N) is 2. The number of hydrogen-bond donors (Lipinski definition) is 2. The van der Waals surface area contributed by atoms with E-state index in [-0.39, 0.29) is 24.4 Å². The Hall–Kier alpha value is -2.04. The van der Waals surface area contributed by atoms with Crippen molar-refractivity contribution in [2.24, 2.45) is 0 Å². The fraction of sp³-hybridized carbons (Fsp3) is 0.500. The molecule has 1 rings (SSSR count). The quantitative estimate of drug-likeness (QED) is 0.718. The molecule has 5 heteroatoms. The zero-order valence-electron chi connectivity index (χ0n) is 12.9. The summed E-state index contributed by atoms with van der Waals surface area (Å²) in [4.78, 5) is 22.9. The number of carbonyl (C=O) groups excluding carboxylic acids is 2. The summed E-state index contributed by atoms with van der Waals surface area (Å²) in [5, 5.41) is 5.30. The normalized spacial score (nSPS) is 10.3. The lowest BCUT2D eigenvalue weighted by atomic mass is 10.2. The van der Waals surface area contributed by atoms with E-state index in [1.807, 2.05) is 45.0 Å². The molecule has 1 aromatic carbocycles. The molecule has 0 unspecified atom stereocenters. The van der Waals surface area contributed by atoms with Crippen molar-refractivity contribution in [1.82, 2.24) is 10.6 Å². The summed E-state index contributed by atoms with van der Waals surface area (Å²) in [6, 6.07) is 7.87. The van der Waals surface area contributed by atoms with Gasteiger partial charge in [-0.05, 0) is 44.9 Å². The molecule has 2 N–H and O–H groups in total. The maximum absolute atomic E-state index is 11.6. The third kappa shape index (κ3) is 7.97. The molecule has 116 valence electrons. The van der Waals surface area contributed by atoms with Crippen LogP contribution in [0.5, 0.6) is 5.75 Å². The summed E-state index contributed by atoms with van der Waals surface area (Å²) >= 11 is 0. The highest BCUT2D eigenvalue weighted by Crippen LogP contribution is 2.12. The van der Waals surface area contributed by atoms with Gasteiger partial charge in [0.1, 0.15) is 5.75 Å². The van der Waals surface area contributed by atoms with Gasteiger partial charge in [0.2, 0.25) is 11.8 Å². The fourth-order valence-corrected chi connectivity index (χ4v) is 1.77. The Morgan fingerprint density at radius 3 is 2.67 bits per heavy atom. The maximum Gasteiger partial charge on any atom is 0.239 e. The van der Waals surface area contributed by atoms with E-state index in [1.54, 1.807) is 0 Å². The second-order valence-electron chi connectivity index (χ2n) is 5.27. The van der Waals surface area contributed by atoms with Crippen molar-refractivity contribution < 1.29 is 14.3 Å². The largest absolute Gasteiger partial charge is 0.494 e. The standard InChI is InChI=1S/C16H24N2O3/c1-12(2)18-16(20)11-17-15(19)8-5-9-21-14-7-4-6-13(3)10-14/h4,6-7,10,12H,5,8-9,11H2,1-3H3,(H,17,19)(H,18,20). The molecular weight excluding hydrogens is 268 g/mol. The van der Waals surface area contributed by atoms with Crippen LogP contribution in [-0.4, -0.2) is 31.0 Å². The first kappa shape index (κ1) is 17.0. The highest BCUT2D eigenvalue weighted by atomic mass is 16.5. The van der Waals surface area contributed by atoms with Crippen molar-refractivity contribution in [3.05, 3.63) is 29.8 Å². The molecule has 0 radical (unpaired) electrons. The second-order valence-corrected chi connectivity index (χ2v) is 5.27. The average Bonchev–Trinajstić information content (AvgIpc) is 2.41. The zero-order valence-corrected chi connectivity index (χ0v) is 12.9. The van der Waals surface area contributed by atoms with E-state index in [0.717, 1.165) is 11.3 Å². The summed E-state index contributed by atoms with van der Waals surface area (Å²) in [5.41, 5.74) is 1.14. The van der Waals surface area contributed by atoms with E-state index in [1.165, 1.54) is 0 Å². The number of aryl methyl sites for hydroxylation is 1. The molecule has 2 amide bonds. The first-order chi connectivity index (χ1) is 9.97. The van der Waals surface area contributed by atoms with Gasteiger partial charge in [-0.15, -0.1) is 0 Å². The summed E-state index contributed by atoms with van der Waals surface area (Å²) in [6.07, 6.45) is 0.965. The van der Waals surface area contributed by atoms with Crippen LogP contribution in [-0.2, 0) is 9.59 Å². The van der Waals surface area contributed by atoms with Gasteiger partial charge in [0.05, 0.1) is 13.2 Å². The van der Waals surface area contributed by atoms with Crippen LogP contribution in [0.25, 0.3) is 0 Å². The van der Waals surface area contributed by atoms with Crippen LogP contribution < -0.4 is 15.4 Å². The van der Waals surface area contributed by atoms with E-state index in [4.69, 9.17) is 4.74 Å². The lowest BCUT2D eigenvalue weighted by Gasteiger charge is -2.09. The Morgan fingerprint density at radius 2 is 2.00 bits per heavy atom. The van der Waals surface area contributed by atoms with Gasteiger partial charge in [-0.1, -0.05) is 12.1 Å². The Balaban J connectivity index is 2.12. The lowest BCUT2D eigenvalue weighted by Crippen LogP contribution is -2.39. The molecule has 0 fully saturated rings. The number of amides is 2. The van der Waals surface area contributed by atoms with Gasteiger partial charge >= 0.3 is 0 Å². The van der Waals surface area contributed by atoms with Crippen molar-refractivity contribution in [3.63, 3.8) is 0 Å². The maximum atomic E-state index is 11.6. The van der Waals surface area contributed by atoms with Crippen LogP contribution in [0.1, 0.15) is 32.3 Å². The number of rotatable bonds is 8. The highest BCUT2D eigenvalue weighted by Gasteiger charge is 2.06. The van der Waals surface area contributed by atoms with Crippen molar-refractivity contribution in [2.75, 3.05) is 13.2 Å². The Kier molecular flexibility index (Phi) is 7.29. The molecule has 0 bridgehead atoms. The molecule has 1 aromatic rings. The van der Waals surface area contributed by atoms with E-state index < -0.39 is 0 Å². The average molecular weight is 292 g/mol. The van der Waals surface area contributed by atoms with Crippen LogP contribution in [0.4, 0.5) is 0 Å². The zero-order chi connectivity index (χ0) is 15.7. The predicted molar refractivity (Wildman–Crippen MR) is 82.2 cm³/mol. The van der Waals surface area contributed by atoms with Crippen LogP contribution in [0.15, 0.2) is 24.3 Å². The van der Waals surface area contributed by atoms with Crippen LogP contribution in [0.3, 0.4) is 0 Å². The van der Waals surface area contributed by atoms with Gasteiger partial charge in [-0.2, -0.15) is 0 Å². The molecule has 21 heavy (non-hydrogen) atoms. The third-order valence-corrected chi connectivity index (χ3v) is 2.70. The molecule has 0 aliphatic carbocycles. The van der Waals surface area contributed by atoms with Crippen LogP contribution >= 0.6 is 0 Å². The fourth-order valence-electron chi connectivity index (χ4n) is 1.77. The summed E-state index contributed by atoms with van der Waals surface area (Å²) in [7, 11) is 0. The summed E-state index contributed by atoms with van der Waals surface area (Å²) in [5.74, 6) is 0.503. The number of ether oxygens (including phenoxy) is 1. The summed E-state index contributed by atoms with van der Waals surface area (Å²) < 4.78 is 5.56. The van der Waals surface area contributed by atoms with E-state index >= 15 is 0 Å². The first-order valence-electron chi connectivity index (χ1n) is 7.23. The third-order valence-electron chi connectivity index (χ3n) is 2.70. The molecule has 0 aromatic heterocycles. The molecular formula is C16H24N2O3. The van der Waals surface area contributed by atoms with Gasteiger partial charge in [0.25, 0.3) is 0 Å². The molecule has 0 aliphatic rings. The van der Waals surface area contributed by atoms with Gasteiger partial charge in [-0.3, -0.25) is 9.59 Å². The molecule has 0 aliphatic heterocycles. The number of benzene rings is 1. The van der Waals surface area contributed by atoms with Crippen molar-refractivity contribution in [3.8, 4) is 5.75 Å². The number of hydrogen-bond acceptors (Lipinski definition) is 3. The van der Waals surface area contributed by atoms with Crippen LogP contribution in [0, 0.1) is 6.92 Å². The highest BCUT2D eigenvalue weighted by molar-refractivity contribution is 5.84. The minimum Gasteiger partial charge on any atom is -0.494 e. The smallest absolute Gasteiger partial charge is 0.239 e. The lowest BCUT2D eigenvalue weighted by molar-refractivity contribution is -0.126. The van der Waals surface area contributed by atoms with Gasteiger partial charge in [0, 0.05) is 12.5 Å². The molecule has 0 spiro atoms. The first-order valence-corrected chi connectivity index (χ1v) is 7.23. The van der Waals surface area contributed by atoms with Crippen LogP contribution in [0.2, 0.25) is 0 Å². The molecule has 0 saturated carbocycles. The predicted octanol–water partition coefficient (Wildman–Crippen LogP) is 1.79. The van der Waals surface area contributed by atoms with Gasteiger partial charge in [0.15, 0.2) is 0 Å². The Morgan fingerprint density at radius 1 is 1.24 bits per heavy atom. The molecule has 5 nitrogen and oxygen atoms in total. The van der Waals surface area contributed by atoms with Gasteiger partial charge in [-0.25, -0.2) is 0 Å². The van der Waals surface area contributed by atoms with E-state index in [9.17, 15) is 9.59 Å². The number of carbonyl (C=O) groups is 2. The topological polar surface area (TPSA) is 67.4 Å². The Bertz CT molecular complexity index is 472. The minimum atomic E-state index is -0.172. The van der Waals surface area contributed by atoms with E-state index in [2.05, 4.69) is 10.6 Å².